The largest absolute Gasteiger partial charge is 0.369 e. The quantitative estimate of drug-likeness (QED) is 0.757. The maximum absolute atomic E-state index is 4.34. The van der Waals surface area contributed by atoms with Crippen LogP contribution in [0.3, 0.4) is 0 Å². The predicted molar refractivity (Wildman–Crippen MR) is 75.0 cm³/mol. The summed E-state index contributed by atoms with van der Waals surface area (Å²) in [7, 11) is 0. The van der Waals surface area contributed by atoms with E-state index in [-0.39, 0.29) is 0 Å². The molecule has 2 aliphatic heterocycles. The van der Waals surface area contributed by atoms with Gasteiger partial charge in [0.15, 0.2) is 0 Å². The first-order valence-electron chi connectivity index (χ1n) is 7.23. The lowest BCUT2D eigenvalue weighted by molar-refractivity contribution is 0.162. The zero-order valence-corrected chi connectivity index (χ0v) is 11.3. The van der Waals surface area contributed by atoms with Gasteiger partial charge in [0.2, 0.25) is 0 Å². The van der Waals surface area contributed by atoms with Crippen LogP contribution in [0.2, 0.25) is 0 Å². The van der Waals surface area contributed by atoms with E-state index >= 15 is 0 Å². The summed E-state index contributed by atoms with van der Waals surface area (Å²) in [5, 5.41) is 0. The van der Waals surface area contributed by atoms with Crippen molar-refractivity contribution in [2.45, 2.75) is 38.6 Å². The lowest BCUT2D eigenvalue weighted by Gasteiger charge is -2.35. The second-order valence-electron chi connectivity index (χ2n) is 5.71. The van der Waals surface area contributed by atoms with E-state index < -0.39 is 0 Å². The van der Waals surface area contributed by atoms with Gasteiger partial charge in [-0.25, -0.2) is 0 Å². The van der Waals surface area contributed by atoms with E-state index in [4.69, 9.17) is 0 Å². The van der Waals surface area contributed by atoms with Gasteiger partial charge in [0.05, 0.1) is 11.9 Å². The van der Waals surface area contributed by atoms with Gasteiger partial charge < -0.3 is 4.90 Å². The summed E-state index contributed by atoms with van der Waals surface area (Å²) in [5.74, 6) is 0. The van der Waals surface area contributed by atoms with Crippen LogP contribution in [0.1, 0.15) is 31.2 Å². The molecular formula is C15H23N3. The predicted octanol–water partition coefficient (Wildman–Crippen LogP) is 2.45. The van der Waals surface area contributed by atoms with Gasteiger partial charge in [-0.2, -0.15) is 0 Å². The van der Waals surface area contributed by atoms with Crippen molar-refractivity contribution in [2.75, 3.05) is 31.1 Å². The maximum Gasteiger partial charge on any atom is 0.0555 e. The zero-order chi connectivity index (χ0) is 12.4. The Kier molecular flexibility index (Phi) is 3.50. The zero-order valence-electron chi connectivity index (χ0n) is 11.3. The van der Waals surface area contributed by atoms with E-state index in [1.807, 2.05) is 12.4 Å². The molecule has 0 bridgehead atoms. The van der Waals surface area contributed by atoms with Crippen LogP contribution < -0.4 is 4.90 Å². The Hall–Kier alpha value is -1.09. The number of aryl methyl sites for hydroxylation is 1. The molecule has 0 aliphatic carbocycles. The van der Waals surface area contributed by atoms with Gasteiger partial charge in [-0.05, 0) is 44.4 Å². The van der Waals surface area contributed by atoms with Crippen molar-refractivity contribution in [2.24, 2.45) is 0 Å². The Morgan fingerprint density at radius 2 is 2.00 bits per heavy atom. The molecule has 1 aromatic heterocycles. The SMILES string of the molecule is Cc1cncc(N2CCCN3CCCCC3C2)c1. The summed E-state index contributed by atoms with van der Waals surface area (Å²) < 4.78 is 0. The Bertz CT molecular complexity index is 404. The lowest BCUT2D eigenvalue weighted by atomic mass is 10.0. The third-order valence-electron chi connectivity index (χ3n) is 4.28. The summed E-state index contributed by atoms with van der Waals surface area (Å²) in [6, 6.07) is 3.03. The van der Waals surface area contributed by atoms with E-state index in [1.165, 1.54) is 63.1 Å². The minimum atomic E-state index is 0.766. The smallest absolute Gasteiger partial charge is 0.0555 e. The fourth-order valence-electron chi connectivity index (χ4n) is 3.32. The number of hydrogen-bond donors (Lipinski definition) is 0. The van der Waals surface area contributed by atoms with Crippen molar-refractivity contribution in [3.05, 3.63) is 24.0 Å². The van der Waals surface area contributed by atoms with Crippen molar-refractivity contribution >= 4 is 5.69 Å². The number of rotatable bonds is 1. The molecule has 2 aliphatic rings. The molecule has 0 saturated carbocycles. The van der Waals surface area contributed by atoms with Crippen LogP contribution in [-0.4, -0.2) is 42.1 Å². The molecule has 2 fully saturated rings. The first kappa shape index (κ1) is 12.0. The van der Waals surface area contributed by atoms with E-state index in [1.54, 1.807) is 0 Å². The van der Waals surface area contributed by atoms with Crippen LogP contribution in [-0.2, 0) is 0 Å². The monoisotopic (exact) mass is 245 g/mol. The van der Waals surface area contributed by atoms with Gasteiger partial charge in [0, 0.05) is 31.9 Å². The molecule has 0 spiro atoms. The second-order valence-corrected chi connectivity index (χ2v) is 5.71. The van der Waals surface area contributed by atoms with E-state index in [0.717, 1.165) is 6.04 Å². The number of anilines is 1. The lowest BCUT2D eigenvalue weighted by Crippen LogP contribution is -2.44. The van der Waals surface area contributed by atoms with Gasteiger partial charge in [-0.15, -0.1) is 0 Å². The van der Waals surface area contributed by atoms with Crippen LogP contribution in [0, 0.1) is 6.92 Å². The molecule has 3 rings (SSSR count). The fraction of sp³-hybridized carbons (Fsp3) is 0.667. The van der Waals surface area contributed by atoms with Crippen molar-refractivity contribution in [3.8, 4) is 0 Å². The minimum Gasteiger partial charge on any atom is -0.369 e. The molecule has 2 saturated heterocycles. The average molecular weight is 245 g/mol. The number of piperidine rings is 1. The van der Waals surface area contributed by atoms with E-state index in [9.17, 15) is 0 Å². The van der Waals surface area contributed by atoms with E-state index in [0.29, 0.717) is 0 Å². The summed E-state index contributed by atoms with van der Waals surface area (Å²) >= 11 is 0. The second kappa shape index (κ2) is 5.27. The Labute approximate surface area is 110 Å². The number of nitrogens with zero attached hydrogens (tertiary/aromatic N) is 3. The van der Waals surface area contributed by atoms with E-state index in [2.05, 4.69) is 27.8 Å². The van der Waals surface area contributed by atoms with Crippen molar-refractivity contribution < 1.29 is 0 Å². The summed E-state index contributed by atoms with van der Waals surface area (Å²) in [4.78, 5) is 9.58. The highest BCUT2D eigenvalue weighted by molar-refractivity contribution is 5.46. The van der Waals surface area contributed by atoms with Crippen LogP contribution in [0.4, 0.5) is 5.69 Å². The Balaban J connectivity index is 1.76. The summed E-state index contributed by atoms with van der Waals surface area (Å²) in [6.45, 7) is 7.08. The Morgan fingerprint density at radius 1 is 1.11 bits per heavy atom. The molecule has 3 nitrogen and oxygen atoms in total. The average Bonchev–Trinajstić information content (AvgIpc) is 2.60. The van der Waals surface area contributed by atoms with Crippen LogP contribution in [0.5, 0.6) is 0 Å². The first-order valence-corrected chi connectivity index (χ1v) is 7.23. The Morgan fingerprint density at radius 3 is 2.89 bits per heavy atom. The molecule has 0 amide bonds. The summed E-state index contributed by atoms with van der Waals surface area (Å²) in [6.07, 6.45) is 9.41. The number of pyridine rings is 1. The van der Waals surface area contributed by atoms with Gasteiger partial charge in [-0.3, -0.25) is 9.88 Å². The van der Waals surface area contributed by atoms with Gasteiger partial charge >= 0.3 is 0 Å². The van der Waals surface area contributed by atoms with Crippen molar-refractivity contribution in [3.63, 3.8) is 0 Å². The molecule has 1 aromatic rings. The van der Waals surface area contributed by atoms with Gasteiger partial charge in [0.1, 0.15) is 0 Å². The summed E-state index contributed by atoms with van der Waals surface area (Å²) in [5.41, 5.74) is 2.57. The number of fused-ring (bicyclic) bond motifs is 1. The van der Waals surface area contributed by atoms with Crippen LogP contribution in [0.25, 0.3) is 0 Å². The molecule has 98 valence electrons. The molecule has 18 heavy (non-hydrogen) atoms. The maximum atomic E-state index is 4.34. The number of hydrogen-bond acceptors (Lipinski definition) is 3. The molecule has 3 heterocycles. The van der Waals surface area contributed by atoms with Crippen LogP contribution >= 0.6 is 0 Å². The molecule has 0 N–H and O–H groups in total. The third-order valence-corrected chi connectivity index (χ3v) is 4.28. The molecule has 3 heteroatoms. The molecule has 0 aromatic carbocycles. The van der Waals surface area contributed by atoms with Crippen LogP contribution in [0.15, 0.2) is 18.5 Å². The fourth-order valence-corrected chi connectivity index (χ4v) is 3.32. The normalized spacial score (nSPS) is 25.6. The highest BCUT2D eigenvalue weighted by Crippen LogP contribution is 2.24. The first-order chi connectivity index (χ1) is 8.83. The minimum absolute atomic E-state index is 0.766. The number of aromatic nitrogens is 1. The standard InChI is InChI=1S/C15H23N3/c1-13-9-15(11-16-10-13)18-8-4-7-17-6-3-2-5-14(17)12-18/h9-11,14H,2-8,12H2,1H3. The third kappa shape index (κ3) is 2.51. The topological polar surface area (TPSA) is 19.4 Å². The van der Waals surface area contributed by atoms with Crippen molar-refractivity contribution in [1.82, 2.24) is 9.88 Å². The highest BCUT2D eigenvalue weighted by atomic mass is 15.2. The molecule has 0 radical (unpaired) electrons. The molecule has 1 unspecified atom stereocenters. The molecular weight excluding hydrogens is 222 g/mol. The molecule has 1 atom stereocenters. The van der Waals surface area contributed by atoms with Crippen molar-refractivity contribution in [1.29, 1.82) is 0 Å². The highest BCUT2D eigenvalue weighted by Gasteiger charge is 2.27. The van der Waals surface area contributed by atoms with Gasteiger partial charge in [-0.1, -0.05) is 6.42 Å². The van der Waals surface area contributed by atoms with Gasteiger partial charge in [0.25, 0.3) is 0 Å².